The van der Waals surface area contributed by atoms with Crippen molar-refractivity contribution in [1.29, 1.82) is 0 Å². The van der Waals surface area contributed by atoms with Crippen LogP contribution in [-0.2, 0) is 24.3 Å². The second kappa shape index (κ2) is 11.5. The number of ketones is 1. The average Bonchev–Trinajstić information content (AvgIpc) is 3.23. The zero-order valence-electron chi connectivity index (χ0n) is 19.7. The van der Waals surface area contributed by atoms with Gasteiger partial charge in [0.15, 0.2) is 16.8 Å². The molecule has 2 aromatic carbocycles. The normalized spacial score (nSPS) is 11.8. The monoisotopic (exact) mass is 508 g/mol. The summed E-state index contributed by atoms with van der Waals surface area (Å²) in [5, 5.41) is 3.61. The van der Waals surface area contributed by atoms with Gasteiger partial charge in [-0.25, -0.2) is 12.7 Å². The lowest BCUT2D eigenvalue weighted by Gasteiger charge is -2.20. The van der Waals surface area contributed by atoms with E-state index < -0.39 is 53.2 Å². The third-order valence-corrected chi connectivity index (χ3v) is 7.23. The van der Waals surface area contributed by atoms with E-state index >= 15 is 0 Å². The van der Waals surface area contributed by atoms with E-state index in [4.69, 9.17) is 15.7 Å². The fourth-order valence-electron chi connectivity index (χ4n) is 3.52. The summed E-state index contributed by atoms with van der Waals surface area (Å²) in [6.07, 6.45) is 3.08. The van der Waals surface area contributed by atoms with Crippen LogP contribution in [0.3, 0.4) is 0 Å². The van der Waals surface area contributed by atoms with Gasteiger partial charge in [-0.05, 0) is 13.8 Å². The molecule has 0 aliphatic rings. The molecular formula is C26H24N2O7S. The Labute approximate surface area is 209 Å². The Hall–Kier alpha value is -4.23. The number of carbonyl (C=O) groups excluding carboxylic acids is 3. The van der Waals surface area contributed by atoms with Gasteiger partial charge in [0.1, 0.15) is 5.69 Å². The summed E-state index contributed by atoms with van der Waals surface area (Å²) < 4.78 is 37.0. The first kappa shape index (κ1) is 26.4. The van der Waals surface area contributed by atoms with Crippen molar-refractivity contribution >= 4 is 27.7 Å². The number of aromatic nitrogens is 1. The first-order valence-electron chi connectivity index (χ1n) is 10.9. The van der Waals surface area contributed by atoms with E-state index in [1.54, 1.807) is 60.7 Å². The molecule has 0 bridgehead atoms. The molecule has 1 atom stereocenters. The summed E-state index contributed by atoms with van der Waals surface area (Å²) in [6, 6.07) is 16.8. The van der Waals surface area contributed by atoms with Crippen molar-refractivity contribution < 1.29 is 32.1 Å². The average molecular weight is 509 g/mol. The summed E-state index contributed by atoms with van der Waals surface area (Å²) in [7, 11) is -4.37. The van der Waals surface area contributed by atoms with Gasteiger partial charge in [-0.3, -0.25) is 14.4 Å². The molecule has 0 aliphatic heterocycles. The summed E-state index contributed by atoms with van der Waals surface area (Å²) >= 11 is 0. The molecule has 0 spiro atoms. The number of carbonyl (C=O) groups is 3. The molecule has 36 heavy (non-hydrogen) atoms. The third kappa shape index (κ3) is 5.87. The van der Waals surface area contributed by atoms with Crippen LogP contribution in [0.5, 0.6) is 0 Å². The first-order chi connectivity index (χ1) is 17.2. The van der Waals surface area contributed by atoms with Crippen LogP contribution in [0.1, 0.15) is 46.3 Å². The highest BCUT2D eigenvalue weighted by molar-refractivity contribution is 7.89. The minimum Gasteiger partial charge on any atom is -0.449 e. The number of aryl methyl sites for hydroxylation is 2. The number of sulfonamides is 1. The number of Topliss-reactive ketones (excluding diaryl/α,β-unsaturated/α-hetero) is 1. The van der Waals surface area contributed by atoms with Crippen LogP contribution in [0.4, 0.5) is 0 Å². The van der Waals surface area contributed by atoms with E-state index in [0.717, 1.165) is 0 Å². The van der Waals surface area contributed by atoms with Crippen molar-refractivity contribution in [2.24, 2.45) is 0 Å². The quantitative estimate of drug-likeness (QED) is 0.232. The molecule has 1 unspecified atom stereocenters. The Morgan fingerprint density at radius 1 is 1.03 bits per heavy atom. The number of rotatable bonds is 10. The molecule has 1 amide bonds. The number of ether oxygens (including phenoxy) is 1. The van der Waals surface area contributed by atoms with Crippen LogP contribution in [-0.4, -0.2) is 42.1 Å². The number of benzene rings is 2. The SMILES string of the molecule is C#CCN(C(=O)CCC(=O)OC(C(=O)c1ccccc1)c1ccccc1)S(=O)(=O)c1c(C)noc1C. The van der Waals surface area contributed by atoms with Gasteiger partial charge in [-0.1, -0.05) is 71.7 Å². The molecule has 1 aromatic heterocycles. The maximum absolute atomic E-state index is 13.1. The number of esters is 1. The van der Waals surface area contributed by atoms with Gasteiger partial charge in [-0.2, -0.15) is 0 Å². The van der Waals surface area contributed by atoms with Gasteiger partial charge in [0.05, 0.1) is 13.0 Å². The highest BCUT2D eigenvalue weighted by Gasteiger charge is 2.34. The van der Waals surface area contributed by atoms with Crippen molar-refractivity contribution in [1.82, 2.24) is 9.46 Å². The van der Waals surface area contributed by atoms with Gasteiger partial charge < -0.3 is 9.26 Å². The van der Waals surface area contributed by atoms with Gasteiger partial charge in [-0.15, -0.1) is 6.42 Å². The summed E-state index contributed by atoms with van der Waals surface area (Å²) in [5.74, 6) is -0.0403. The molecule has 3 aromatic rings. The lowest BCUT2D eigenvalue weighted by Crippen LogP contribution is -2.38. The molecule has 0 fully saturated rings. The van der Waals surface area contributed by atoms with Crippen LogP contribution >= 0.6 is 0 Å². The fourth-order valence-corrected chi connectivity index (χ4v) is 5.16. The molecule has 0 radical (unpaired) electrons. The number of hydrogen-bond acceptors (Lipinski definition) is 8. The summed E-state index contributed by atoms with van der Waals surface area (Å²) in [6.45, 7) is 2.28. The van der Waals surface area contributed by atoms with Crippen molar-refractivity contribution in [2.75, 3.05) is 6.54 Å². The Balaban J connectivity index is 1.76. The number of hydrogen-bond donors (Lipinski definition) is 0. The van der Waals surface area contributed by atoms with Crippen molar-refractivity contribution in [3.8, 4) is 12.3 Å². The van der Waals surface area contributed by atoms with Gasteiger partial charge in [0, 0.05) is 17.5 Å². The second-order valence-electron chi connectivity index (χ2n) is 7.77. The molecule has 0 saturated carbocycles. The predicted octanol–water partition coefficient (Wildman–Crippen LogP) is 3.39. The van der Waals surface area contributed by atoms with Gasteiger partial charge in [0.25, 0.3) is 10.0 Å². The van der Waals surface area contributed by atoms with Gasteiger partial charge >= 0.3 is 5.97 Å². The predicted molar refractivity (Wildman–Crippen MR) is 129 cm³/mol. The molecular weight excluding hydrogens is 484 g/mol. The lowest BCUT2D eigenvalue weighted by molar-refractivity contribution is -0.148. The molecule has 3 rings (SSSR count). The Bertz CT molecular complexity index is 1370. The van der Waals surface area contributed by atoms with Crippen LogP contribution in [0, 0.1) is 26.2 Å². The van der Waals surface area contributed by atoms with Crippen LogP contribution < -0.4 is 0 Å². The van der Waals surface area contributed by atoms with Crippen molar-refractivity contribution in [3.05, 3.63) is 83.2 Å². The highest BCUT2D eigenvalue weighted by atomic mass is 32.2. The topological polar surface area (TPSA) is 124 Å². The number of amides is 1. The maximum atomic E-state index is 13.1. The zero-order valence-corrected chi connectivity index (χ0v) is 20.5. The van der Waals surface area contributed by atoms with E-state index in [1.807, 2.05) is 0 Å². The number of terminal acetylenes is 1. The van der Waals surface area contributed by atoms with Crippen LogP contribution in [0.25, 0.3) is 0 Å². The minimum absolute atomic E-state index is 0.00635. The fraction of sp³-hybridized carbons (Fsp3) is 0.231. The highest BCUT2D eigenvalue weighted by Crippen LogP contribution is 2.25. The van der Waals surface area contributed by atoms with Crippen molar-refractivity contribution in [2.45, 2.75) is 37.7 Å². The van der Waals surface area contributed by atoms with E-state index in [0.29, 0.717) is 15.4 Å². The number of nitrogens with zero attached hydrogens (tertiary/aromatic N) is 2. The standard InChI is InChI=1S/C26H24N2O7S/c1-4-17-28(36(32,33)26-18(2)27-35-19(26)3)22(29)15-16-23(30)34-25(21-13-9-6-10-14-21)24(31)20-11-7-5-8-12-20/h1,5-14,25H,15-17H2,2-3H3. The van der Waals surface area contributed by atoms with E-state index in [-0.39, 0.29) is 16.3 Å². The molecule has 0 N–H and O–H groups in total. The van der Waals surface area contributed by atoms with Crippen molar-refractivity contribution in [3.63, 3.8) is 0 Å². The van der Waals surface area contributed by atoms with E-state index in [1.165, 1.54) is 13.8 Å². The molecule has 10 heteroatoms. The van der Waals surface area contributed by atoms with E-state index in [9.17, 15) is 22.8 Å². The summed E-state index contributed by atoms with van der Waals surface area (Å²) in [4.78, 5) is 38.3. The first-order valence-corrected chi connectivity index (χ1v) is 12.4. The third-order valence-electron chi connectivity index (χ3n) is 5.22. The largest absolute Gasteiger partial charge is 0.449 e. The molecule has 0 aliphatic carbocycles. The van der Waals surface area contributed by atoms with Crippen LogP contribution in [0.2, 0.25) is 0 Å². The molecule has 1 heterocycles. The van der Waals surface area contributed by atoms with Gasteiger partial charge in [0.2, 0.25) is 11.7 Å². The molecule has 9 nitrogen and oxygen atoms in total. The molecule has 0 saturated heterocycles. The van der Waals surface area contributed by atoms with Crippen LogP contribution in [0.15, 0.2) is 70.1 Å². The Morgan fingerprint density at radius 3 is 2.19 bits per heavy atom. The second-order valence-corrected chi connectivity index (χ2v) is 9.57. The smallest absolute Gasteiger partial charge is 0.307 e. The Kier molecular flexibility index (Phi) is 8.40. The lowest BCUT2D eigenvalue weighted by atomic mass is 10.00. The maximum Gasteiger partial charge on any atom is 0.307 e. The Morgan fingerprint density at radius 2 is 1.64 bits per heavy atom. The minimum atomic E-state index is -4.37. The summed E-state index contributed by atoms with van der Waals surface area (Å²) in [5.41, 5.74) is 0.883. The zero-order chi connectivity index (χ0) is 26.3. The van der Waals surface area contributed by atoms with E-state index in [2.05, 4.69) is 11.1 Å². The molecule has 186 valence electrons.